The van der Waals surface area contributed by atoms with Gasteiger partial charge in [0.2, 0.25) is 0 Å². The number of aliphatic hydroxyl groups excluding tert-OH is 3. The summed E-state index contributed by atoms with van der Waals surface area (Å²) >= 11 is 0. The van der Waals surface area contributed by atoms with Crippen molar-refractivity contribution < 1.29 is 24.4 Å². The lowest BCUT2D eigenvalue weighted by Crippen LogP contribution is -2.44. The molecule has 2 unspecified atom stereocenters. The number of rotatable bonds is 2. The van der Waals surface area contributed by atoms with Gasteiger partial charge < -0.3 is 20.1 Å². The van der Waals surface area contributed by atoms with Gasteiger partial charge in [-0.1, -0.05) is 12.1 Å². The Hall–Kier alpha value is -1.01. The zero-order valence-electron chi connectivity index (χ0n) is 9.16. The Labute approximate surface area is 98.3 Å². The molecule has 1 heterocycles. The van der Waals surface area contributed by atoms with Crippen molar-refractivity contribution in [2.75, 3.05) is 6.61 Å². The minimum Gasteiger partial charge on any atom is -0.394 e. The van der Waals surface area contributed by atoms with Gasteiger partial charge in [-0.2, -0.15) is 0 Å². The predicted octanol–water partition coefficient (Wildman–Crippen LogP) is 0.370. The summed E-state index contributed by atoms with van der Waals surface area (Å²) in [6, 6.07) is 5.66. The zero-order chi connectivity index (χ0) is 12.4. The molecule has 0 saturated carbocycles. The largest absolute Gasteiger partial charge is 0.394 e. The van der Waals surface area contributed by atoms with Crippen molar-refractivity contribution >= 4 is 0 Å². The smallest absolute Gasteiger partial charge is 0.123 e. The maximum atomic E-state index is 13.1. The molecule has 0 amide bonds. The van der Waals surface area contributed by atoms with Gasteiger partial charge in [0.1, 0.15) is 18.0 Å². The summed E-state index contributed by atoms with van der Waals surface area (Å²) in [7, 11) is 0. The molecule has 1 aliphatic rings. The van der Waals surface area contributed by atoms with E-state index >= 15 is 0 Å². The topological polar surface area (TPSA) is 69.9 Å². The molecule has 1 aromatic rings. The average molecular weight is 242 g/mol. The highest BCUT2D eigenvalue weighted by Crippen LogP contribution is 2.32. The summed E-state index contributed by atoms with van der Waals surface area (Å²) in [6.07, 6.45) is -3.27. The molecule has 1 aliphatic heterocycles. The van der Waals surface area contributed by atoms with Crippen molar-refractivity contribution in [1.82, 2.24) is 0 Å². The molecule has 0 spiro atoms. The Bertz CT molecular complexity index is 385. The van der Waals surface area contributed by atoms with E-state index in [1.54, 1.807) is 6.07 Å². The highest BCUT2D eigenvalue weighted by Gasteiger charge is 2.37. The van der Waals surface area contributed by atoms with Crippen LogP contribution in [0.1, 0.15) is 18.1 Å². The summed E-state index contributed by atoms with van der Waals surface area (Å²) in [6.45, 7) is -0.240. The van der Waals surface area contributed by atoms with Crippen LogP contribution in [-0.4, -0.2) is 40.2 Å². The van der Waals surface area contributed by atoms with E-state index < -0.39 is 30.2 Å². The molecule has 2 rings (SSSR count). The van der Waals surface area contributed by atoms with Crippen molar-refractivity contribution in [3.8, 4) is 0 Å². The molecule has 4 nitrogen and oxygen atoms in total. The van der Waals surface area contributed by atoms with E-state index in [0.29, 0.717) is 5.56 Å². The minimum atomic E-state index is -1.11. The van der Waals surface area contributed by atoms with Gasteiger partial charge in [-0.05, 0) is 17.7 Å². The average Bonchev–Trinajstić information content (AvgIpc) is 2.32. The van der Waals surface area contributed by atoms with E-state index in [9.17, 15) is 14.6 Å². The molecule has 94 valence electrons. The minimum absolute atomic E-state index is 0.170. The van der Waals surface area contributed by atoms with E-state index in [4.69, 9.17) is 9.84 Å². The first-order chi connectivity index (χ1) is 8.11. The SMILES string of the molecule is OCC1C[C@H](O)C(O)[C@@H](c2cccc(F)c2)O1. The van der Waals surface area contributed by atoms with Crippen molar-refractivity contribution in [2.45, 2.75) is 30.8 Å². The first kappa shape index (κ1) is 12.4. The van der Waals surface area contributed by atoms with Gasteiger partial charge in [0.05, 0.1) is 18.8 Å². The van der Waals surface area contributed by atoms with Crippen LogP contribution in [-0.2, 0) is 4.74 Å². The van der Waals surface area contributed by atoms with E-state index in [2.05, 4.69) is 0 Å². The Morgan fingerprint density at radius 1 is 1.35 bits per heavy atom. The van der Waals surface area contributed by atoms with Gasteiger partial charge >= 0.3 is 0 Å². The second-order valence-electron chi connectivity index (χ2n) is 4.21. The number of aliphatic hydroxyl groups is 3. The lowest BCUT2D eigenvalue weighted by atomic mass is 9.93. The van der Waals surface area contributed by atoms with Crippen LogP contribution >= 0.6 is 0 Å². The monoisotopic (exact) mass is 242 g/mol. The van der Waals surface area contributed by atoms with Gasteiger partial charge in [-0.15, -0.1) is 0 Å². The first-order valence-corrected chi connectivity index (χ1v) is 5.49. The molecule has 1 saturated heterocycles. The van der Waals surface area contributed by atoms with E-state index in [0.717, 1.165) is 0 Å². The van der Waals surface area contributed by atoms with Gasteiger partial charge in [0.25, 0.3) is 0 Å². The summed E-state index contributed by atoms with van der Waals surface area (Å²) in [5.74, 6) is -0.432. The van der Waals surface area contributed by atoms with Crippen LogP contribution in [0.2, 0.25) is 0 Å². The molecule has 3 N–H and O–H groups in total. The van der Waals surface area contributed by atoms with Gasteiger partial charge in [0, 0.05) is 6.42 Å². The fourth-order valence-electron chi connectivity index (χ4n) is 2.03. The Kier molecular flexibility index (Phi) is 3.73. The molecule has 1 fully saturated rings. The molecule has 0 bridgehead atoms. The van der Waals surface area contributed by atoms with Gasteiger partial charge in [-0.25, -0.2) is 4.39 Å². The molecule has 0 aromatic heterocycles. The second-order valence-corrected chi connectivity index (χ2v) is 4.21. The molecule has 4 atom stereocenters. The Balaban J connectivity index is 2.23. The highest BCUT2D eigenvalue weighted by atomic mass is 19.1. The number of benzene rings is 1. The van der Waals surface area contributed by atoms with Crippen LogP contribution in [0.5, 0.6) is 0 Å². The Morgan fingerprint density at radius 3 is 2.76 bits per heavy atom. The Morgan fingerprint density at radius 2 is 2.12 bits per heavy atom. The molecule has 0 aliphatic carbocycles. The van der Waals surface area contributed by atoms with Gasteiger partial charge in [-0.3, -0.25) is 0 Å². The molecule has 17 heavy (non-hydrogen) atoms. The molecular formula is C12H15FO4. The molecule has 1 aromatic carbocycles. The molecule has 0 radical (unpaired) electrons. The zero-order valence-corrected chi connectivity index (χ0v) is 9.16. The standard InChI is InChI=1S/C12H15FO4/c13-8-3-1-2-7(4-8)12-11(16)10(15)5-9(6-14)17-12/h1-4,9-12,14-16H,5-6H2/t9?,10-,11?,12+/m0/s1. The van der Waals surface area contributed by atoms with Crippen LogP contribution in [0, 0.1) is 5.82 Å². The van der Waals surface area contributed by atoms with Crippen LogP contribution in [0.3, 0.4) is 0 Å². The third-order valence-electron chi connectivity index (χ3n) is 2.93. The highest BCUT2D eigenvalue weighted by molar-refractivity contribution is 5.21. The van der Waals surface area contributed by atoms with E-state index in [1.807, 2.05) is 0 Å². The lowest BCUT2D eigenvalue weighted by Gasteiger charge is -2.36. The number of ether oxygens (including phenoxy) is 1. The third-order valence-corrected chi connectivity index (χ3v) is 2.93. The molecule has 5 heteroatoms. The first-order valence-electron chi connectivity index (χ1n) is 5.49. The van der Waals surface area contributed by atoms with E-state index in [1.165, 1.54) is 18.2 Å². The summed E-state index contributed by atoms with van der Waals surface area (Å²) in [4.78, 5) is 0. The summed E-state index contributed by atoms with van der Waals surface area (Å²) < 4.78 is 18.5. The normalized spacial score (nSPS) is 33.6. The van der Waals surface area contributed by atoms with Crippen LogP contribution in [0.25, 0.3) is 0 Å². The molecular weight excluding hydrogens is 227 g/mol. The predicted molar refractivity (Wildman–Crippen MR) is 57.7 cm³/mol. The van der Waals surface area contributed by atoms with Crippen LogP contribution in [0.15, 0.2) is 24.3 Å². The van der Waals surface area contributed by atoms with Gasteiger partial charge in [0.15, 0.2) is 0 Å². The third kappa shape index (κ3) is 2.63. The van der Waals surface area contributed by atoms with Crippen LogP contribution < -0.4 is 0 Å². The number of hydrogen-bond acceptors (Lipinski definition) is 4. The van der Waals surface area contributed by atoms with Crippen molar-refractivity contribution in [2.24, 2.45) is 0 Å². The fourth-order valence-corrected chi connectivity index (χ4v) is 2.03. The van der Waals surface area contributed by atoms with Crippen molar-refractivity contribution in [1.29, 1.82) is 0 Å². The quantitative estimate of drug-likeness (QED) is 0.700. The number of hydrogen-bond donors (Lipinski definition) is 3. The maximum absolute atomic E-state index is 13.1. The summed E-state index contributed by atoms with van der Waals surface area (Å²) in [5.41, 5.74) is 0.453. The lowest BCUT2D eigenvalue weighted by molar-refractivity contribution is -0.179. The summed E-state index contributed by atoms with van der Waals surface area (Å²) in [5, 5.41) is 28.5. The second kappa shape index (κ2) is 5.10. The van der Waals surface area contributed by atoms with Crippen molar-refractivity contribution in [3.05, 3.63) is 35.6 Å². The number of halogens is 1. The fraction of sp³-hybridized carbons (Fsp3) is 0.500. The maximum Gasteiger partial charge on any atom is 0.123 e. The van der Waals surface area contributed by atoms with Crippen molar-refractivity contribution in [3.63, 3.8) is 0 Å². The van der Waals surface area contributed by atoms with Crippen LogP contribution in [0.4, 0.5) is 4.39 Å². The van der Waals surface area contributed by atoms with E-state index in [-0.39, 0.29) is 13.0 Å².